The van der Waals surface area contributed by atoms with Gasteiger partial charge in [0.25, 0.3) is 5.91 Å². The maximum absolute atomic E-state index is 12.9. The molecule has 8 nitrogen and oxygen atoms in total. The quantitative estimate of drug-likeness (QED) is 0.836. The number of anilines is 3. The van der Waals surface area contributed by atoms with E-state index < -0.39 is 0 Å². The van der Waals surface area contributed by atoms with Crippen LogP contribution in [0.2, 0.25) is 0 Å². The first kappa shape index (κ1) is 20.4. The van der Waals surface area contributed by atoms with Gasteiger partial charge >= 0.3 is 6.09 Å². The minimum atomic E-state index is -0.324. The summed E-state index contributed by atoms with van der Waals surface area (Å²) in [7, 11) is 3.98. The van der Waals surface area contributed by atoms with Crippen LogP contribution in [0.3, 0.4) is 0 Å². The molecule has 2 aromatic rings. The summed E-state index contributed by atoms with van der Waals surface area (Å²) >= 11 is 0. The van der Waals surface area contributed by atoms with Gasteiger partial charge in [0.15, 0.2) is 0 Å². The number of pyridine rings is 1. The number of rotatable bonds is 5. The largest absolute Gasteiger partial charge is 0.450 e. The molecule has 3 rings (SSSR count). The number of carbonyl (C=O) groups is 2. The first-order valence-corrected chi connectivity index (χ1v) is 9.69. The van der Waals surface area contributed by atoms with E-state index in [1.54, 1.807) is 35.1 Å². The second kappa shape index (κ2) is 9.27. The van der Waals surface area contributed by atoms with Crippen molar-refractivity contribution in [1.82, 2.24) is 14.8 Å². The number of hydrogen-bond donors (Lipinski definition) is 1. The average molecular weight is 397 g/mol. The predicted octanol–water partition coefficient (Wildman–Crippen LogP) is 2.81. The summed E-state index contributed by atoms with van der Waals surface area (Å²) in [6.45, 7) is 4.04. The SMILES string of the molecule is CCOC(=O)N1CCN(C(=O)c2ccnc(Nc3ccc(N(C)C)cc3)c2)CC1. The number of ether oxygens (including phenoxy) is 1. The lowest BCUT2D eigenvalue weighted by Crippen LogP contribution is -2.50. The predicted molar refractivity (Wildman–Crippen MR) is 113 cm³/mol. The van der Waals surface area contributed by atoms with E-state index in [4.69, 9.17) is 4.74 Å². The van der Waals surface area contributed by atoms with E-state index in [0.717, 1.165) is 11.4 Å². The Labute approximate surface area is 171 Å². The normalized spacial score (nSPS) is 13.8. The van der Waals surface area contributed by atoms with Crippen LogP contribution >= 0.6 is 0 Å². The molecule has 29 heavy (non-hydrogen) atoms. The average Bonchev–Trinajstić information content (AvgIpc) is 2.74. The number of piperazine rings is 1. The van der Waals surface area contributed by atoms with Crippen molar-refractivity contribution < 1.29 is 14.3 Å². The Hall–Kier alpha value is -3.29. The second-order valence-electron chi connectivity index (χ2n) is 6.97. The summed E-state index contributed by atoms with van der Waals surface area (Å²) < 4.78 is 5.02. The molecule has 0 bridgehead atoms. The number of benzene rings is 1. The van der Waals surface area contributed by atoms with E-state index in [1.807, 2.05) is 43.3 Å². The van der Waals surface area contributed by atoms with Crippen LogP contribution in [0.15, 0.2) is 42.6 Å². The van der Waals surface area contributed by atoms with Crippen LogP contribution in [0.4, 0.5) is 22.0 Å². The van der Waals surface area contributed by atoms with Crippen LogP contribution in [-0.2, 0) is 4.74 Å². The molecule has 1 aliphatic rings. The molecular formula is C21H27N5O3. The van der Waals surface area contributed by atoms with Crippen LogP contribution in [0.5, 0.6) is 0 Å². The lowest BCUT2D eigenvalue weighted by atomic mass is 10.2. The van der Waals surface area contributed by atoms with Gasteiger partial charge in [-0.25, -0.2) is 9.78 Å². The van der Waals surface area contributed by atoms with Crippen molar-refractivity contribution in [3.05, 3.63) is 48.2 Å². The van der Waals surface area contributed by atoms with Crippen molar-refractivity contribution in [2.75, 3.05) is 57.1 Å². The molecule has 2 amide bonds. The fourth-order valence-electron chi connectivity index (χ4n) is 3.11. The van der Waals surface area contributed by atoms with Crippen molar-refractivity contribution in [2.24, 2.45) is 0 Å². The Bertz CT molecular complexity index is 846. The fraction of sp³-hybridized carbons (Fsp3) is 0.381. The number of hydrogen-bond acceptors (Lipinski definition) is 6. The van der Waals surface area contributed by atoms with Gasteiger partial charge in [0.05, 0.1) is 6.61 Å². The van der Waals surface area contributed by atoms with Gasteiger partial charge in [-0.1, -0.05) is 0 Å². The van der Waals surface area contributed by atoms with Gasteiger partial charge in [0, 0.05) is 63.4 Å². The minimum Gasteiger partial charge on any atom is -0.450 e. The number of nitrogens with zero attached hydrogens (tertiary/aromatic N) is 4. The molecule has 1 aliphatic heterocycles. The van der Waals surface area contributed by atoms with Crippen molar-refractivity contribution in [3.8, 4) is 0 Å². The van der Waals surface area contributed by atoms with Crippen molar-refractivity contribution >= 4 is 29.2 Å². The second-order valence-corrected chi connectivity index (χ2v) is 6.97. The zero-order valence-electron chi connectivity index (χ0n) is 17.1. The highest BCUT2D eigenvalue weighted by atomic mass is 16.6. The summed E-state index contributed by atoms with van der Waals surface area (Å²) in [4.78, 5) is 34.4. The molecule has 1 aromatic carbocycles. The number of amides is 2. The van der Waals surface area contributed by atoms with Gasteiger partial charge < -0.3 is 24.8 Å². The molecule has 8 heteroatoms. The topological polar surface area (TPSA) is 78.0 Å². The van der Waals surface area contributed by atoms with Gasteiger partial charge in [-0.3, -0.25) is 4.79 Å². The highest BCUT2D eigenvalue weighted by Crippen LogP contribution is 2.20. The zero-order chi connectivity index (χ0) is 20.8. The molecule has 1 fully saturated rings. The van der Waals surface area contributed by atoms with E-state index in [9.17, 15) is 9.59 Å². The highest BCUT2D eigenvalue weighted by molar-refractivity contribution is 5.95. The fourth-order valence-corrected chi connectivity index (χ4v) is 3.11. The third kappa shape index (κ3) is 5.16. The Balaban J connectivity index is 1.62. The van der Waals surface area contributed by atoms with E-state index in [1.165, 1.54) is 0 Å². The van der Waals surface area contributed by atoms with E-state index in [2.05, 4.69) is 10.3 Å². The lowest BCUT2D eigenvalue weighted by Gasteiger charge is -2.34. The molecule has 0 spiro atoms. The molecule has 0 radical (unpaired) electrons. The molecule has 0 unspecified atom stereocenters. The third-order valence-electron chi connectivity index (χ3n) is 4.76. The van der Waals surface area contributed by atoms with Gasteiger partial charge in [-0.05, 0) is 43.3 Å². The summed E-state index contributed by atoms with van der Waals surface area (Å²) in [5, 5.41) is 3.23. The maximum atomic E-state index is 12.9. The van der Waals surface area contributed by atoms with E-state index in [-0.39, 0.29) is 12.0 Å². The van der Waals surface area contributed by atoms with Gasteiger partial charge in [-0.15, -0.1) is 0 Å². The standard InChI is InChI=1S/C21H27N5O3/c1-4-29-21(28)26-13-11-25(12-14-26)20(27)16-9-10-22-19(15-16)23-17-5-7-18(8-6-17)24(2)3/h5-10,15H,4,11-14H2,1-3H3,(H,22,23). The van der Waals surface area contributed by atoms with E-state index >= 15 is 0 Å². The molecule has 0 aliphatic carbocycles. The number of aromatic nitrogens is 1. The Morgan fingerprint density at radius 2 is 1.72 bits per heavy atom. The maximum Gasteiger partial charge on any atom is 0.409 e. The molecule has 1 aromatic heterocycles. The molecule has 0 atom stereocenters. The Morgan fingerprint density at radius 3 is 2.34 bits per heavy atom. The summed E-state index contributed by atoms with van der Waals surface area (Å²) in [5.74, 6) is 0.542. The van der Waals surface area contributed by atoms with Crippen molar-refractivity contribution in [3.63, 3.8) is 0 Å². The van der Waals surface area contributed by atoms with Crippen LogP contribution in [0, 0.1) is 0 Å². The molecular weight excluding hydrogens is 370 g/mol. The van der Waals surface area contributed by atoms with Crippen LogP contribution < -0.4 is 10.2 Å². The number of carbonyl (C=O) groups excluding carboxylic acids is 2. The molecule has 154 valence electrons. The van der Waals surface area contributed by atoms with Crippen molar-refractivity contribution in [1.29, 1.82) is 0 Å². The van der Waals surface area contributed by atoms with Gasteiger partial charge in [0.2, 0.25) is 0 Å². The van der Waals surface area contributed by atoms with Crippen LogP contribution in [0.25, 0.3) is 0 Å². The first-order valence-electron chi connectivity index (χ1n) is 9.69. The summed E-state index contributed by atoms with van der Waals surface area (Å²) in [6.07, 6.45) is 1.30. The lowest BCUT2D eigenvalue weighted by molar-refractivity contribution is 0.0570. The first-order chi connectivity index (χ1) is 14.0. The summed E-state index contributed by atoms with van der Waals surface area (Å²) in [6, 6.07) is 11.4. The Kier molecular flexibility index (Phi) is 6.54. The molecule has 1 N–H and O–H groups in total. The molecule has 1 saturated heterocycles. The molecule has 2 heterocycles. The van der Waals surface area contributed by atoms with Crippen LogP contribution in [-0.4, -0.2) is 73.7 Å². The Morgan fingerprint density at radius 1 is 1.07 bits per heavy atom. The monoisotopic (exact) mass is 397 g/mol. The summed E-state index contributed by atoms with van der Waals surface area (Å²) in [5.41, 5.74) is 2.57. The minimum absolute atomic E-state index is 0.0677. The smallest absolute Gasteiger partial charge is 0.409 e. The van der Waals surface area contributed by atoms with Crippen molar-refractivity contribution in [2.45, 2.75) is 6.92 Å². The zero-order valence-corrected chi connectivity index (χ0v) is 17.1. The number of nitrogens with one attached hydrogen (secondary N) is 1. The van der Waals surface area contributed by atoms with Crippen LogP contribution in [0.1, 0.15) is 17.3 Å². The van der Waals surface area contributed by atoms with Gasteiger partial charge in [-0.2, -0.15) is 0 Å². The van der Waals surface area contributed by atoms with Gasteiger partial charge in [0.1, 0.15) is 5.82 Å². The highest BCUT2D eigenvalue weighted by Gasteiger charge is 2.25. The third-order valence-corrected chi connectivity index (χ3v) is 4.76. The molecule has 0 saturated carbocycles. The van der Waals surface area contributed by atoms with E-state index in [0.29, 0.717) is 44.2 Å².